The number of nitrogens with zero attached hydrogens (tertiary/aromatic N) is 4. The van der Waals surface area contributed by atoms with E-state index in [1.165, 1.54) is 43.4 Å². The summed E-state index contributed by atoms with van der Waals surface area (Å²) in [7, 11) is 8.22. The molecule has 7 unspecified atom stereocenters. The number of allylic oxidation sites excluding steroid dienone is 2. The summed E-state index contributed by atoms with van der Waals surface area (Å²) in [4.78, 5) is 31.7. The molecular weight excluding hydrogens is 721 g/mol. The van der Waals surface area contributed by atoms with Crippen molar-refractivity contribution in [2.45, 2.75) is 144 Å². The molecule has 58 heavy (non-hydrogen) atoms. The van der Waals surface area contributed by atoms with E-state index in [0.717, 1.165) is 50.8 Å². The molecule has 1 aliphatic heterocycles. The van der Waals surface area contributed by atoms with Gasteiger partial charge in [-0.15, -0.1) is 0 Å². The molecule has 1 aromatic rings. The Morgan fingerprint density at radius 3 is 2.16 bits per heavy atom. The third-order valence-corrected chi connectivity index (χ3v) is 18.6. The first kappa shape index (κ1) is 42.9. The molecule has 12 atom stereocenters. The smallest absolute Gasteiger partial charge is 0.375 e. The molecule has 5 saturated carbocycles. The maximum atomic E-state index is 13.8. The Morgan fingerprint density at radius 2 is 1.53 bits per heavy atom. The van der Waals surface area contributed by atoms with E-state index in [9.17, 15) is 9.59 Å². The molecule has 5 aliphatic carbocycles. The van der Waals surface area contributed by atoms with Gasteiger partial charge in [-0.25, -0.2) is 14.2 Å². The van der Waals surface area contributed by atoms with Crippen LogP contribution in [-0.2, 0) is 19.1 Å². The van der Waals surface area contributed by atoms with Gasteiger partial charge in [0.15, 0.2) is 18.6 Å². The summed E-state index contributed by atoms with van der Waals surface area (Å²) in [6.07, 6.45) is 20.6. The number of anilines is 1. The lowest BCUT2D eigenvalue weighted by Crippen LogP contribution is -2.67. The van der Waals surface area contributed by atoms with Crippen molar-refractivity contribution in [1.82, 2.24) is 4.90 Å². The number of esters is 2. The van der Waals surface area contributed by atoms with Crippen LogP contribution in [0.25, 0.3) is 0 Å². The standard InChI is InChI=1S/C50H78N4O4/c1-33(2)38-16-25-50(32-57-44(55)34(3)53-28-19-36(20-29-53)51(10)11)27-26-48(8)39(43(38)50)14-15-41-47(7)23-18-42(46(5,6)40(47)17-24-49(41,48)9)58-45(56)35(4)54-30-21-37(22-31-54)52(12)13/h19,21-22,28,30-31,34-35,38-43H,1,14-18,20,23-27,29,32H2,2-13H3/q+2/t34?,35?,38?,39?,40?,41?,42-,43?,47-,48+,49+,50+/m0/s1. The largest absolute Gasteiger partial charge is 0.460 e. The van der Waals surface area contributed by atoms with Crippen LogP contribution in [0.4, 0.5) is 5.69 Å². The highest BCUT2D eigenvalue weighted by atomic mass is 16.5. The minimum atomic E-state index is -0.378. The van der Waals surface area contributed by atoms with Crippen LogP contribution in [0.15, 0.2) is 48.5 Å². The van der Waals surface area contributed by atoms with E-state index in [0.29, 0.717) is 36.2 Å². The summed E-state index contributed by atoms with van der Waals surface area (Å²) in [5, 5.41) is 0. The SMILES string of the molecule is C=C(C)C1CC[C@]2(COC(=O)C(C)[N+]3=CC=C(N(C)C)CC3)CC[C@]3(C)C(CCC4[C@@]5(C)CC[C@H](OC(=O)C(C)[n+]6ccc(N(C)C)cc6)C(C)(C)C5CC[C@]43C)C12. The van der Waals surface area contributed by atoms with Crippen molar-refractivity contribution in [3.63, 3.8) is 0 Å². The highest BCUT2D eigenvalue weighted by Crippen LogP contribution is 2.77. The van der Waals surface area contributed by atoms with E-state index in [1.807, 2.05) is 44.9 Å². The van der Waals surface area contributed by atoms with Gasteiger partial charge in [0.25, 0.3) is 6.04 Å². The van der Waals surface area contributed by atoms with Gasteiger partial charge in [0.05, 0.1) is 6.61 Å². The fourth-order valence-electron chi connectivity index (χ4n) is 14.8. The zero-order valence-corrected chi connectivity index (χ0v) is 38.4. The van der Waals surface area contributed by atoms with Crippen LogP contribution in [0, 0.1) is 56.7 Å². The summed E-state index contributed by atoms with van der Waals surface area (Å²) >= 11 is 0. The Hall–Kier alpha value is -3.16. The number of pyridine rings is 1. The molecule has 5 fully saturated rings. The summed E-state index contributed by atoms with van der Waals surface area (Å²) < 4.78 is 17.1. The van der Waals surface area contributed by atoms with Crippen LogP contribution >= 0.6 is 0 Å². The number of ether oxygens (including phenoxy) is 2. The minimum absolute atomic E-state index is 0.0187. The van der Waals surface area contributed by atoms with Gasteiger partial charge in [0.2, 0.25) is 6.04 Å². The second-order valence-corrected chi connectivity index (χ2v) is 21.9. The summed E-state index contributed by atoms with van der Waals surface area (Å²) in [6.45, 7) is 25.0. The van der Waals surface area contributed by atoms with Crippen molar-refractivity contribution < 1.29 is 28.2 Å². The Morgan fingerprint density at radius 1 is 0.828 bits per heavy atom. The molecule has 0 saturated heterocycles. The van der Waals surface area contributed by atoms with Gasteiger partial charge < -0.3 is 19.3 Å². The fourth-order valence-corrected chi connectivity index (χ4v) is 14.8. The second-order valence-electron chi connectivity index (χ2n) is 21.9. The number of hydrogen-bond acceptors (Lipinski definition) is 6. The molecule has 8 heteroatoms. The number of aromatic nitrogens is 1. The maximum Gasteiger partial charge on any atom is 0.375 e. The van der Waals surface area contributed by atoms with Crippen molar-refractivity contribution in [3.8, 4) is 0 Å². The normalized spacial score (nSPS) is 38.6. The van der Waals surface area contributed by atoms with E-state index in [1.54, 1.807) is 0 Å². The Kier molecular flexibility index (Phi) is 11.4. The van der Waals surface area contributed by atoms with Gasteiger partial charge in [-0.05, 0) is 117 Å². The lowest BCUT2D eigenvalue weighted by Gasteiger charge is -2.73. The Balaban J connectivity index is 1.07. The highest BCUT2D eigenvalue weighted by Gasteiger charge is 2.71. The van der Waals surface area contributed by atoms with Crippen LogP contribution in [0.1, 0.15) is 132 Å². The van der Waals surface area contributed by atoms with Gasteiger partial charge in [-0.1, -0.05) is 46.8 Å². The molecule has 2 heterocycles. The van der Waals surface area contributed by atoms with Gasteiger partial charge in [-0.2, -0.15) is 4.57 Å². The van der Waals surface area contributed by atoms with Gasteiger partial charge in [-0.3, -0.25) is 0 Å². The van der Waals surface area contributed by atoms with Crippen molar-refractivity contribution in [2.75, 3.05) is 46.2 Å². The number of rotatable bonds is 10. The zero-order valence-electron chi connectivity index (χ0n) is 38.4. The number of carbonyl (C=O) groups excluding carboxylic acids is 2. The van der Waals surface area contributed by atoms with Crippen LogP contribution < -0.4 is 9.47 Å². The predicted molar refractivity (Wildman–Crippen MR) is 233 cm³/mol. The number of hydrogen-bond donors (Lipinski definition) is 0. The fraction of sp³-hybridized carbons (Fsp3) is 0.760. The van der Waals surface area contributed by atoms with Gasteiger partial charge in [0.1, 0.15) is 12.6 Å². The maximum absolute atomic E-state index is 13.8. The second kappa shape index (κ2) is 15.4. The molecule has 0 bridgehead atoms. The minimum Gasteiger partial charge on any atom is -0.460 e. The topological polar surface area (TPSA) is 66.0 Å². The average Bonchev–Trinajstić information content (AvgIpc) is 3.58. The molecule has 0 radical (unpaired) electrons. The third kappa shape index (κ3) is 6.86. The first-order chi connectivity index (χ1) is 27.2. The lowest BCUT2D eigenvalue weighted by atomic mass is 9.32. The number of fused-ring (bicyclic) bond motifs is 7. The number of carbonyl (C=O) groups is 2. The molecule has 0 aromatic carbocycles. The first-order valence-electron chi connectivity index (χ1n) is 22.9. The van der Waals surface area contributed by atoms with Crippen molar-refractivity contribution >= 4 is 23.8 Å². The quantitative estimate of drug-likeness (QED) is 0.134. The summed E-state index contributed by atoms with van der Waals surface area (Å²) in [6, 6.07) is 3.43. The van der Waals surface area contributed by atoms with Crippen molar-refractivity contribution in [2.24, 2.45) is 56.7 Å². The summed E-state index contributed by atoms with van der Waals surface area (Å²) in [5.41, 5.74) is 4.23. The summed E-state index contributed by atoms with van der Waals surface area (Å²) in [5.74, 6) is 2.46. The monoisotopic (exact) mass is 799 g/mol. The van der Waals surface area contributed by atoms with Crippen LogP contribution in [-0.4, -0.2) is 81.1 Å². The molecular formula is C50H78N4O4+2. The van der Waals surface area contributed by atoms with E-state index in [2.05, 4.69) is 101 Å². The van der Waals surface area contributed by atoms with Gasteiger partial charge >= 0.3 is 11.9 Å². The first-order valence-corrected chi connectivity index (χ1v) is 22.9. The average molecular weight is 799 g/mol. The Bertz CT molecular complexity index is 1810. The van der Waals surface area contributed by atoms with Crippen LogP contribution in [0.2, 0.25) is 0 Å². The molecule has 0 amide bonds. The lowest BCUT2D eigenvalue weighted by molar-refractivity contribution is -0.707. The van der Waals surface area contributed by atoms with E-state index < -0.39 is 0 Å². The molecule has 0 N–H and O–H groups in total. The molecule has 8 nitrogen and oxygen atoms in total. The van der Waals surface area contributed by atoms with Crippen LogP contribution in [0.3, 0.4) is 0 Å². The molecule has 1 aromatic heterocycles. The molecule has 320 valence electrons. The highest BCUT2D eigenvalue weighted by molar-refractivity contribution is 5.76. The zero-order chi connectivity index (χ0) is 42.2. The van der Waals surface area contributed by atoms with Gasteiger partial charge in [0, 0.05) is 88.9 Å². The third-order valence-electron chi connectivity index (χ3n) is 18.6. The van der Waals surface area contributed by atoms with Crippen LogP contribution in [0.5, 0.6) is 0 Å². The van der Waals surface area contributed by atoms with Crippen molar-refractivity contribution in [3.05, 3.63) is 48.5 Å². The van der Waals surface area contributed by atoms with E-state index >= 15 is 0 Å². The molecule has 6 aliphatic rings. The molecule has 0 spiro atoms. The van der Waals surface area contributed by atoms with Crippen molar-refractivity contribution in [1.29, 1.82) is 0 Å². The molecule has 7 rings (SSSR count). The van der Waals surface area contributed by atoms with E-state index in [-0.39, 0.29) is 57.2 Å². The predicted octanol–water partition coefficient (Wildman–Crippen LogP) is 9.03. The van der Waals surface area contributed by atoms with E-state index in [4.69, 9.17) is 9.47 Å². The Labute approximate surface area is 351 Å².